The number of hydrogen-bond donors (Lipinski definition) is 0. The lowest BCUT2D eigenvalue weighted by Gasteiger charge is -2.04. The van der Waals surface area contributed by atoms with Crippen LogP contribution in [0.4, 0.5) is 0 Å². The second-order valence-corrected chi connectivity index (χ2v) is 4.34. The number of para-hydroxylation sites is 2. The van der Waals surface area contributed by atoms with E-state index in [1.165, 1.54) is 0 Å². The molecule has 5 nitrogen and oxygen atoms in total. The van der Waals surface area contributed by atoms with Gasteiger partial charge in [-0.25, -0.2) is 9.97 Å². The molecule has 0 N–H and O–H groups in total. The zero-order chi connectivity index (χ0) is 12.5. The van der Waals surface area contributed by atoms with Crippen LogP contribution in [-0.2, 0) is 19.5 Å². The van der Waals surface area contributed by atoms with Crippen LogP contribution in [-0.4, -0.2) is 24.3 Å². The van der Waals surface area contributed by atoms with Crippen LogP contribution in [0.25, 0.3) is 11.0 Å². The van der Waals surface area contributed by atoms with Crippen molar-refractivity contribution in [2.45, 2.75) is 12.4 Å². The fourth-order valence-corrected chi connectivity index (χ4v) is 2.21. The minimum Gasteiger partial charge on any atom is -0.319 e. The number of halogens is 1. The molecule has 0 aliphatic rings. The summed E-state index contributed by atoms with van der Waals surface area (Å²) in [6.45, 7) is 0.587. The summed E-state index contributed by atoms with van der Waals surface area (Å²) < 4.78 is 3.74. The Morgan fingerprint density at radius 1 is 1.28 bits per heavy atom. The molecule has 92 valence electrons. The highest BCUT2D eigenvalue weighted by Gasteiger charge is 2.11. The predicted octanol–water partition coefficient (Wildman–Crippen LogP) is 1.95. The number of aromatic nitrogens is 5. The van der Waals surface area contributed by atoms with E-state index >= 15 is 0 Å². The molecule has 0 saturated carbocycles. The van der Waals surface area contributed by atoms with Crippen molar-refractivity contribution in [2.24, 2.45) is 7.05 Å². The minimum atomic E-state index is 0.377. The molecule has 2 heterocycles. The Hall–Kier alpha value is -1.88. The van der Waals surface area contributed by atoms with Gasteiger partial charge < -0.3 is 4.57 Å². The first kappa shape index (κ1) is 11.2. The third-order valence-electron chi connectivity index (χ3n) is 2.80. The second-order valence-electron chi connectivity index (χ2n) is 4.07. The maximum absolute atomic E-state index is 5.95. The highest BCUT2D eigenvalue weighted by atomic mass is 35.5. The van der Waals surface area contributed by atoms with Gasteiger partial charge in [-0.2, -0.15) is 5.10 Å². The average molecular weight is 262 g/mol. The van der Waals surface area contributed by atoms with Gasteiger partial charge in [-0.05, 0) is 12.1 Å². The van der Waals surface area contributed by atoms with E-state index in [1.54, 1.807) is 11.0 Å². The van der Waals surface area contributed by atoms with Crippen LogP contribution in [0.15, 0.2) is 30.6 Å². The number of alkyl halides is 1. The van der Waals surface area contributed by atoms with Crippen LogP contribution < -0.4 is 0 Å². The van der Waals surface area contributed by atoms with E-state index in [4.69, 9.17) is 11.6 Å². The van der Waals surface area contributed by atoms with Crippen molar-refractivity contribution in [1.82, 2.24) is 24.3 Å². The van der Waals surface area contributed by atoms with E-state index in [0.29, 0.717) is 12.4 Å². The maximum Gasteiger partial charge on any atom is 0.170 e. The fraction of sp³-hybridized carbons (Fsp3) is 0.250. The molecule has 0 saturated heterocycles. The van der Waals surface area contributed by atoms with E-state index in [2.05, 4.69) is 19.6 Å². The van der Waals surface area contributed by atoms with E-state index in [9.17, 15) is 0 Å². The molecule has 0 radical (unpaired) electrons. The number of rotatable bonds is 3. The Balaban J connectivity index is 2.09. The molecule has 6 heteroatoms. The molecular weight excluding hydrogens is 250 g/mol. The molecule has 0 bridgehead atoms. The first-order chi connectivity index (χ1) is 8.78. The van der Waals surface area contributed by atoms with Gasteiger partial charge in [-0.15, -0.1) is 11.6 Å². The Morgan fingerprint density at radius 2 is 2.11 bits per heavy atom. The summed E-state index contributed by atoms with van der Waals surface area (Å²) in [7, 11) is 1.85. The van der Waals surface area contributed by atoms with Gasteiger partial charge in [0.1, 0.15) is 12.2 Å². The van der Waals surface area contributed by atoms with Crippen molar-refractivity contribution in [3.8, 4) is 0 Å². The highest BCUT2D eigenvalue weighted by molar-refractivity contribution is 6.16. The molecule has 1 aromatic carbocycles. The summed E-state index contributed by atoms with van der Waals surface area (Å²) in [5, 5.41) is 4.28. The number of hydrogen-bond acceptors (Lipinski definition) is 3. The molecule has 3 rings (SSSR count). The third-order valence-corrected chi connectivity index (χ3v) is 3.04. The first-order valence-electron chi connectivity index (χ1n) is 5.62. The van der Waals surface area contributed by atoms with Gasteiger partial charge in [-0.3, -0.25) is 4.68 Å². The maximum atomic E-state index is 5.95. The van der Waals surface area contributed by atoms with Crippen molar-refractivity contribution >= 4 is 22.6 Å². The Labute approximate surface area is 109 Å². The minimum absolute atomic E-state index is 0.377. The summed E-state index contributed by atoms with van der Waals surface area (Å²) in [6.07, 6.45) is 1.69. The van der Waals surface area contributed by atoms with Gasteiger partial charge in [-0.1, -0.05) is 12.1 Å². The quantitative estimate of drug-likeness (QED) is 0.677. The van der Waals surface area contributed by atoms with E-state index < -0.39 is 0 Å². The standard InChI is InChI=1S/C12H12ClN5/c1-17-8-14-11(16-17)7-18-10-5-3-2-4-9(10)15-12(18)6-13/h2-5,8H,6-7H2,1H3. The monoisotopic (exact) mass is 261 g/mol. The zero-order valence-electron chi connectivity index (χ0n) is 9.91. The Kier molecular flexibility index (Phi) is 2.76. The molecule has 0 unspecified atom stereocenters. The molecule has 0 aliphatic carbocycles. The summed E-state index contributed by atoms with van der Waals surface area (Å²) in [4.78, 5) is 8.74. The molecule has 18 heavy (non-hydrogen) atoms. The number of fused-ring (bicyclic) bond motifs is 1. The first-order valence-corrected chi connectivity index (χ1v) is 6.16. The van der Waals surface area contributed by atoms with Crippen molar-refractivity contribution in [1.29, 1.82) is 0 Å². The molecule has 2 aromatic heterocycles. The van der Waals surface area contributed by atoms with Crippen LogP contribution in [0, 0.1) is 0 Å². The van der Waals surface area contributed by atoms with E-state index in [0.717, 1.165) is 22.7 Å². The van der Waals surface area contributed by atoms with Crippen LogP contribution in [0.5, 0.6) is 0 Å². The van der Waals surface area contributed by atoms with E-state index in [-0.39, 0.29) is 0 Å². The van der Waals surface area contributed by atoms with Gasteiger partial charge in [0.05, 0.1) is 23.5 Å². The van der Waals surface area contributed by atoms with Gasteiger partial charge >= 0.3 is 0 Å². The SMILES string of the molecule is Cn1cnc(Cn2c(CCl)nc3ccccc32)n1. The number of nitrogens with zero attached hydrogens (tertiary/aromatic N) is 5. The topological polar surface area (TPSA) is 48.5 Å². The van der Waals surface area contributed by atoms with Gasteiger partial charge in [0.25, 0.3) is 0 Å². The van der Waals surface area contributed by atoms with Crippen molar-refractivity contribution in [3.63, 3.8) is 0 Å². The summed E-state index contributed by atoms with van der Waals surface area (Å²) in [5.41, 5.74) is 2.00. The van der Waals surface area contributed by atoms with Crippen molar-refractivity contribution < 1.29 is 0 Å². The largest absolute Gasteiger partial charge is 0.319 e. The zero-order valence-corrected chi connectivity index (χ0v) is 10.7. The lowest BCUT2D eigenvalue weighted by atomic mass is 10.3. The normalized spacial score (nSPS) is 11.2. The Morgan fingerprint density at radius 3 is 2.83 bits per heavy atom. The van der Waals surface area contributed by atoms with Gasteiger partial charge in [0.15, 0.2) is 5.82 Å². The Bertz CT molecular complexity index is 685. The predicted molar refractivity (Wildman–Crippen MR) is 69.4 cm³/mol. The van der Waals surface area contributed by atoms with Crippen LogP contribution >= 0.6 is 11.6 Å². The van der Waals surface area contributed by atoms with Gasteiger partial charge in [0, 0.05) is 7.05 Å². The molecule has 0 amide bonds. The lowest BCUT2D eigenvalue weighted by Crippen LogP contribution is -2.05. The highest BCUT2D eigenvalue weighted by Crippen LogP contribution is 2.18. The second kappa shape index (κ2) is 4.42. The molecule has 0 aliphatic heterocycles. The average Bonchev–Trinajstić information content (AvgIpc) is 2.94. The summed E-state index contributed by atoms with van der Waals surface area (Å²) >= 11 is 5.95. The number of aryl methyl sites for hydroxylation is 1. The van der Waals surface area contributed by atoms with Crippen LogP contribution in [0.1, 0.15) is 11.6 Å². The molecule has 0 spiro atoms. The van der Waals surface area contributed by atoms with Crippen molar-refractivity contribution in [3.05, 3.63) is 42.2 Å². The number of imidazole rings is 1. The van der Waals surface area contributed by atoms with Crippen molar-refractivity contribution in [2.75, 3.05) is 0 Å². The van der Waals surface area contributed by atoms with E-state index in [1.807, 2.05) is 31.3 Å². The third kappa shape index (κ3) is 1.86. The molecule has 0 atom stereocenters. The lowest BCUT2D eigenvalue weighted by molar-refractivity contribution is 0.697. The summed E-state index contributed by atoms with van der Waals surface area (Å²) in [6, 6.07) is 7.97. The van der Waals surface area contributed by atoms with Crippen LogP contribution in [0.2, 0.25) is 0 Å². The molecule has 0 fully saturated rings. The fourth-order valence-electron chi connectivity index (χ4n) is 2.00. The summed E-state index contributed by atoms with van der Waals surface area (Å²) in [5.74, 6) is 1.97. The molecular formula is C12H12ClN5. The smallest absolute Gasteiger partial charge is 0.170 e. The van der Waals surface area contributed by atoms with Gasteiger partial charge in [0.2, 0.25) is 0 Å². The molecule has 3 aromatic rings. The number of benzene rings is 1. The van der Waals surface area contributed by atoms with Crippen LogP contribution in [0.3, 0.4) is 0 Å².